The number of aliphatic carboxylic acids is 1. The third-order valence-corrected chi connectivity index (χ3v) is 5.09. The molecule has 5 N–H and O–H groups in total. The average molecular weight is 446 g/mol. The van der Waals surface area contributed by atoms with Gasteiger partial charge in [0.25, 0.3) is 5.91 Å². The van der Waals surface area contributed by atoms with Gasteiger partial charge in [-0.15, -0.1) is 0 Å². The number of nitrogens with one attached hydrogen (secondary N) is 4. The van der Waals surface area contributed by atoms with E-state index in [1.807, 2.05) is 18.2 Å². The van der Waals surface area contributed by atoms with Crippen molar-refractivity contribution >= 4 is 40.8 Å². The number of imide groups is 1. The zero-order valence-electron chi connectivity index (χ0n) is 17.8. The molecule has 0 unspecified atom stereocenters. The van der Waals surface area contributed by atoms with Gasteiger partial charge in [-0.05, 0) is 25.0 Å². The van der Waals surface area contributed by atoms with E-state index >= 15 is 0 Å². The van der Waals surface area contributed by atoms with E-state index < -0.39 is 42.3 Å². The number of carbonyl (C=O) groups excluding carboxylic acids is 3. The van der Waals surface area contributed by atoms with Crippen molar-refractivity contribution in [2.75, 3.05) is 32.1 Å². The van der Waals surface area contributed by atoms with Crippen molar-refractivity contribution in [2.24, 2.45) is 5.92 Å². The van der Waals surface area contributed by atoms with E-state index in [2.05, 4.69) is 25.9 Å². The number of aromatic amines is 1. The Bertz CT molecular complexity index is 1020. The molecule has 1 saturated heterocycles. The second-order valence-corrected chi connectivity index (χ2v) is 7.51. The van der Waals surface area contributed by atoms with Gasteiger partial charge < -0.3 is 30.8 Å². The number of benzene rings is 1. The maximum Gasteiger partial charge on any atom is 0.325 e. The number of hydrogen-bond acceptors (Lipinski definition) is 7. The molecule has 12 nitrogen and oxygen atoms in total. The third-order valence-electron chi connectivity index (χ3n) is 5.09. The molecule has 1 aromatic carbocycles. The SMILES string of the molecule is COc1ccc2nc(NCCC[C@@H]3NC(=O)N(CC(=O)NC[C@H](C)C(=O)O)C3=O)[nH]c2c1. The molecule has 1 aromatic heterocycles. The molecule has 1 fully saturated rings. The monoisotopic (exact) mass is 446 g/mol. The number of H-pyrrole nitrogens is 1. The van der Waals surface area contributed by atoms with Crippen molar-refractivity contribution in [3.05, 3.63) is 18.2 Å². The summed E-state index contributed by atoms with van der Waals surface area (Å²) in [6, 6.07) is 4.15. The van der Waals surface area contributed by atoms with E-state index in [9.17, 15) is 19.2 Å². The highest BCUT2D eigenvalue weighted by molar-refractivity contribution is 6.06. The molecule has 2 atom stereocenters. The molecule has 0 aliphatic carbocycles. The number of ether oxygens (including phenoxy) is 1. The fraction of sp³-hybridized carbons (Fsp3) is 0.450. The first-order valence-corrected chi connectivity index (χ1v) is 10.2. The topological polar surface area (TPSA) is 166 Å². The average Bonchev–Trinajstić information content (AvgIpc) is 3.29. The molecular formula is C20H26N6O6. The normalized spacial score (nSPS) is 16.7. The van der Waals surface area contributed by atoms with E-state index in [0.29, 0.717) is 25.3 Å². The number of nitrogens with zero attached hydrogens (tertiary/aromatic N) is 2. The van der Waals surface area contributed by atoms with Crippen LogP contribution in [0.4, 0.5) is 10.7 Å². The van der Waals surface area contributed by atoms with Gasteiger partial charge in [0.15, 0.2) is 0 Å². The summed E-state index contributed by atoms with van der Waals surface area (Å²) in [4.78, 5) is 55.7. The molecular weight excluding hydrogens is 420 g/mol. The number of carbonyl (C=O) groups is 4. The first-order valence-electron chi connectivity index (χ1n) is 10.2. The van der Waals surface area contributed by atoms with Crippen LogP contribution in [0.1, 0.15) is 19.8 Å². The van der Waals surface area contributed by atoms with Gasteiger partial charge in [0, 0.05) is 19.2 Å². The van der Waals surface area contributed by atoms with Gasteiger partial charge in [0.2, 0.25) is 11.9 Å². The van der Waals surface area contributed by atoms with Crippen LogP contribution in [0.15, 0.2) is 18.2 Å². The number of rotatable bonds is 11. The van der Waals surface area contributed by atoms with Crippen LogP contribution in [0.25, 0.3) is 11.0 Å². The maximum absolute atomic E-state index is 12.5. The van der Waals surface area contributed by atoms with Crippen molar-refractivity contribution in [1.82, 2.24) is 25.5 Å². The van der Waals surface area contributed by atoms with Crippen LogP contribution in [0.5, 0.6) is 5.75 Å². The van der Waals surface area contributed by atoms with Gasteiger partial charge >= 0.3 is 12.0 Å². The predicted molar refractivity (Wildman–Crippen MR) is 114 cm³/mol. The minimum absolute atomic E-state index is 0.0819. The van der Waals surface area contributed by atoms with Crippen LogP contribution in [-0.2, 0) is 14.4 Å². The Balaban J connectivity index is 1.43. The van der Waals surface area contributed by atoms with Crippen molar-refractivity contribution in [3.8, 4) is 5.75 Å². The summed E-state index contributed by atoms with van der Waals surface area (Å²) >= 11 is 0. The third kappa shape index (κ3) is 5.45. The summed E-state index contributed by atoms with van der Waals surface area (Å²) in [7, 11) is 1.59. The first kappa shape index (κ1) is 22.8. The molecule has 172 valence electrons. The van der Waals surface area contributed by atoms with Crippen LogP contribution in [0.3, 0.4) is 0 Å². The summed E-state index contributed by atoms with van der Waals surface area (Å²) in [5.74, 6) is -1.58. The van der Waals surface area contributed by atoms with Gasteiger partial charge in [-0.2, -0.15) is 0 Å². The van der Waals surface area contributed by atoms with E-state index in [-0.39, 0.29) is 6.54 Å². The molecule has 2 heterocycles. The summed E-state index contributed by atoms with van der Waals surface area (Å²) in [5.41, 5.74) is 1.62. The molecule has 0 spiro atoms. The number of anilines is 1. The Labute approximate surface area is 183 Å². The molecule has 2 aromatic rings. The minimum atomic E-state index is -1.05. The fourth-order valence-corrected chi connectivity index (χ4v) is 3.19. The van der Waals surface area contributed by atoms with Gasteiger partial charge in [0.05, 0.1) is 24.1 Å². The molecule has 4 amide bonds. The smallest absolute Gasteiger partial charge is 0.325 e. The highest BCUT2D eigenvalue weighted by atomic mass is 16.5. The number of fused-ring (bicyclic) bond motifs is 1. The highest BCUT2D eigenvalue weighted by Crippen LogP contribution is 2.20. The van der Waals surface area contributed by atoms with Gasteiger partial charge in [-0.1, -0.05) is 6.92 Å². The summed E-state index contributed by atoms with van der Waals surface area (Å²) in [5, 5.41) is 17.0. The molecule has 0 bridgehead atoms. The Morgan fingerprint density at radius 3 is 2.84 bits per heavy atom. The predicted octanol–water partition coefficient (Wildman–Crippen LogP) is 0.521. The fourth-order valence-electron chi connectivity index (χ4n) is 3.19. The standard InChI is InChI=1S/C20H26N6O6/c1-11(18(29)30)9-22-16(27)10-26-17(28)14(25-20(26)31)4-3-7-21-19-23-13-6-5-12(32-2)8-15(13)24-19/h5-6,8,11,14H,3-4,7,9-10H2,1-2H3,(H,22,27)(H,25,31)(H,29,30)(H2,21,23,24)/t11-,14-/m0/s1. The quantitative estimate of drug-likeness (QED) is 0.246. The van der Waals surface area contributed by atoms with Gasteiger partial charge in [-0.3, -0.25) is 19.3 Å². The summed E-state index contributed by atoms with van der Waals surface area (Å²) in [6.45, 7) is 1.43. The zero-order chi connectivity index (χ0) is 23.3. The maximum atomic E-state index is 12.5. The van der Waals surface area contributed by atoms with Crippen molar-refractivity contribution in [1.29, 1.82) is 0 Å². The van der Waals surface area contributed by atoms with Gasteiger partial charge in [0.1, 0.15) is 18.3 Å². The largest absolute Gasteiger partial charge is 0.497 e. The Kier molecular flexibility index (Phi) is 7.13. The number of urea groups is 1. The van der Waals surface area contributed by atoms with Crippen LogP contribution in [-0.4, -0.2) is 76.6 Å². The van der Waals surface area contributed by atoms with E-state index in [4.69, 9.17) is 9.84 Å². The molecule has 1 aliphatic heterocycles. The van der Waals surface area contributed by atoms with Crippen molar-refractivity contribution in [3.63, 3.8) is 0 Å². The summed E-state index contributed by atoms with van der Waals surface area (Å²) in [6.07, 6.45) is 0.965. The molecule has 0 radical (unpaired) electrons. The lowest BCUT2D eigenvalue weighted by molar-refractivity contribution is -0.141. The lowest BCUT2D eigenvalue weighted by Gasteiger charge is -2.14. The first-order chi connectivity index (χ1) is 15.3. The van der Waals surface area contributed by atoms with Gasteiger partial charge in [-0.25, -0.2) is 9.78 Å². The highest BCUT2D eigenvalue weighted by Gasteiger charge is 2.38. The van der Waals surface area contributed by atoms with E-state index in [1.54, 1.807) is 7.11 Å². The number of carboxylic acids is 1. The zero-order valence-corrected chi connectivity index (χ0v) is 17.8. The lowest BCUT2D eigenvalue weighted by Crippen LogP contribution is -2.42. The summed E-state index contributed by atoms with van der Waals surface area (Å²) < 4.78 is 5.18. The second kappa shape index (κ2) is 9.98. The number of amides is 4. The number of aromatic nitrogens is 2. The lowest BCUT2D eigenvalue weighted by atomic mass is 10.1. The Hall–Kier alpha value is -3.83. The number of carboxylic acid groups (broad SMARTS) is 1. The van der Waals surface area contributed by atoms with E-state index in [0.717, 1.165) is 21.7 Å². The minimum Gasteiger partial charge on any atom is -0.497 e. The number of methoxy groups -OCH3 is 1. The van der Waals surface area contributed by atoms with Crippen LogP contribution >= 0.6 is 0 Å². The Morgan fingerprint density at radius 1 is 1.34 bits per heavy atom. The second-order valence-electron chi connectivity index (χ2n) is 7.51. The number of imidazole rings is 1. The Morgan fingerprint density at radius 2 is 2.12 bits per heavy atom. The van der Waals surface area contributed by atoms with Crippen molar-refractivity contribution < 1.29 is 29.0 Å². The van der Waals surface area contributed by atoms with Crippen LogP contribution < -0.4 is 20.7 Å². The molecule has 3 rings (SSSR count). The van der Waals surface area contributed by atoms with Crippen LogP contribution in [0.2, 0.25) is 0 Å². The number of hydrogen-bond donors (Lipinski definition) is 5. The molecule has 0 saturated carbocycles. The molecule has 32 heavy (non-hydrogen) atoms. The van der Waals surface area contributed by atoms with Crippen molar-refractivity contribution in [2.45, 2.75) is 25.8 Å². The molecule has 12 heteroatoms. The van der Waals surface area contributed by atoms with Crippen LogP contribution in [0, 0.1) is 5.92 Å². The molecule has 1 aliphatic rings. The van der Waals surface area contributed by atoms with E-state index in [1.165, 1.54) is 6.92 Å².